The van der Waals surface area contributed by atoms with E-state index in [0.29, 0.717) is 18.5 Å². The summed E-state index contributed by atoms with van der Waals surface area (Å²) in [7, 11) is 1.74. The molecule has 3 aromatic rings. The molecule has 6 aliphatic rings. The predicted molar refractivity (Wildman–Crippen MR) is 198 cm³/mol. The molecule has 0 unspecified atom stereocenters. The average molecular weight is 694 g/mol. The van der Waals surface area contributed by atoms with E-state index in [2.05, 4.69) is 53.9 Å². The summed E-state index contributed by atoms with van der Waals surface area (Å²) in [6.45, 7) is 6.54. The Balaban J connectivity index is 1.01. The lowest BCUT2D eigenvalue weighted by molar-refractivity contribution is -0.124. The predicted octanol–water partition coefficient (Wildman–Crippen LogP) is 8.65. The Kier molecular flexibility index (Phi) is 9.34. The molecule has 0 atom stereocenters. The van der Waals surface area contributed by atoms with E-state index in [-0.39, 0.29) is 34.9 Å². The summed E-state index contributed by atoms with van der Waals surface area (Å²) >= 11 is 0. The third kappa shape index (κ3) is 6.77. The molecule has 5 saturated carbocycles. The summed E-state index contributed by atoms with van der Waals surface area (Å²) < 4.78 is 13.6. The molecule has 3 heterocycles. The number of carbonyl (C=O) groups excluding carboxylic acids is 2. The van der Waals surface area contributed by atoms with Gasteiger partial charge in [0.15, 0.2) is 0 Å². The fourth-order valence-corrected chi connectivity index (χ4v) is 10.1. The zero-order chi connectivity index (χ0) is 35.2. The second kappa shape index (κ2) is 13.9. The highest BCUT2D eigenvalue weighted by Crippen LogP contribution is 2.58. The van der Waals surface area contributed by atoms with Crippen LogP contribution >= 0.6 is 0 Å². The van der Waals surface area contributed by atoms with Crippen molar-refractivity contribution in [3.63, 3.8) is 0 Å². The molecular formula is C42H55N5O4. The maximum Gasteiger partial charge on any atom is 0.410 e. The monoisotopic (exact) mass is 693 g/mol. The average Bonchev–Trinajstić information content (AvgIpc) is 3.87. The quantitative estimate of drug-likeness (QED) is 0.223. The number of hydrogen-bond donors (Lipinski definition) is 0. The zero-order valence-corrected chi connectivity index (χ0v) is 30.8. The number of hydrogen-bond acceptors (Lipinski definition) is 6. The Bertz CT molecular complexity index is 1710. The van der Waals surface area contributed by atoms with E-state index >= 15 is 0 Å². The summed E-state index contributed by atoms with van der Waals surface area (Å²) in [5, 5.41) is 4.75. The van der Waals surface area contributed by atoms with Crippen LogP contribution in [0.1, 0.15) is 114 Å². The minimum Gasteiger partial charge on any atom is -0.496 e. The molecule has 272 valence electrons. The minimum absolute atomic E-state index is 0.0745. The normalized spacial score (nSPS) is 28.0. The molecule has 0 N–H and O–H groups in total. The maximum atomic E-state index is 14.7. The van der Waals surface area contributed by atoms with Gasteiger partial charge >= 0.3 is 6.09 Å². The lowest BCUT2D eigenvalue weighted by atomic mass is 9.51. The van der Waals surface area contributed by atoms with E-state index < -0.39 is 0 Å². The first-order chi connectivity index (χ1) is 24.7. The van der Waals surface area contributed by atoms with Crippen LogP contribution in [0.4, 0.5) is 10.6 Å². The Hall–Kier alpha value is -3.88. The van der Waals surface area contributed by atoms with Crippen LogP contribution in [0.15, 0.2) is 48.9 Å². The van der Waals surface area contributed by atoms with Gasteiger partial charge in [-0.1, -0.05) is 31.9 Å². The number of ether oxygens (including phenoxy) is 2. The molecule has 2 bridgehead atoms. The van der Waals surface area contributed by atoms with Gasteiger partial charge in [0.05, 0.1) is 19.3 Å². The van der Waals surface area contributed by atoms with E-state index in [1.54, 1.807) is 12.0 Å². The van der Waals surface area contributed by atoms with Gasteiger partial charge in [-0.25, -0.2) is 9.78 Å². The molecule has 5 aliphatic carbocycles. The van der Waals surface area contributed by atoms with Gasteiger partial charge in [-0.05, 0) is 136 Å². The number of aryl methyl sites for hydroxylation is 1. The first kappa shape index (κ1) is 34.2. The molecule has 0 spiro atoms. The Labute approximate surface area is 303 Å². The highest BCUT2D eigenvalue weighted by Gasteiger charge is 2.51. The number of amides is 2. The lowest BCUT2D eigenvalue weighted by Gasteiger charge is -2.55. The Morgan fingerprint density at radius 2 is 1.65 bits per heavy atom. The number of carbonyl (C=O) groups is 2. The van der Waals surface area contributed by atoms with Crippen molar-refractivity contribution in [3.8, 4) is 16.9 Å². The van der Waals surface area contributed by atoms with Gasteiger partial charge in [0, 0.05) is 43.5 Å². The molecule has 51 heavy (non-hydrogen) atoms. The van der Waals surface area contributed by atoms with Crippen LogP contribution in [0, 0.1) is 24.2 Å². The number of rotatable bonds is 9. The highest BCUT2D eigenvalue weighted by atomic mass is 16.6. The molecule has 0 radical (unpaired) electrons. The van der Waals surface area contributed by atoms with Crippen LogP contribution in [0.2, 0.25) is 0 Å². The molecule has 1 aliphatic heterocycles. The van der Waals surface area contributed by atoms with Gasteiger partial charge < -0.3 is 14.4 Å². The van der Waals surface area contributed by atoms with E-state index in [1.165, 1.54) is 36.8 Å². The number of aromatic nitrogens is 3. The molecule has 9 rings (SSSR count). The van der Waals surface area contributed by atoms with Crippen molar-refractivity contribution >= 4 is 17.8 Å². The maximum absolute atomic E-state index is 14.7. The first-order valence-corrected chi connectivity index (χ1v) is 19.7. The van der Waals surface area contributed by atoms with Crippen LogP contribution < -0.4 is 9.64 Å². The van der Waals surface area contributed by atoms with Crippen molar-refractivity contribution < 1.29 is 19.1 Å². The summed E-state index contributed by atoms with van der Waals surface area (Å²) in [6, 6.07) is 11.4. The van der Waals surface area contributed by atoms with Crippen molar-refractivity contribution in [3.05, 3.63) is 60.0 Å². The lowest BCUT2D eigenvalue weighted by Crippen LogP contribution is -2.52. The Morgan fingerprint density at radius 3 is 2.31 bits per heavy atom. The van der Waals surface area contributed by atoms with Crippen LogP contribution in [0.5, 0.6) is 5.75 Å². The highest BCUT2D eigenvalue weighted by molar-refractivity contribution is 5.95. The molecule has 9 heteroatoms. The van der Waals surface area contributed by atoms with E-state index in [9.17, 15) is 9.59 Å². The fraction of sp³-hybridized carbons (Fsp3) is 0.619. The second-order valence-corrected chi connectivity index (χ2v) is 16.8. The number of fused-ring (bicyclic) bond motifs is 3. The molecule has 1 aromatic carbocycles. The molecule has 1 saturated heterocycles. The van der Waals surface area contributed by atoms with Crippen LogP contribution in [-0.4, -0.2) is 64.5 Å². The van der Waals surface area contributed by atoms with Crippen LogP contribution in [0.3, 0.4) is 0 Å². The van der Waals surface area contributed by atoms with Gasteiger partial charge in [0.2, 0.25) is 5.91 Å². The van der Waals surface area contributed by atoms with Crippen LogP contribution in [-0.2, 0) is 14.9 Å². The number of methoxy groups -OCH3 is 1. The summed E-state index contributed by atoms with van der Waals surface area (Å²) in [5.41, 5.74) is 5.04. The topological polar surface area (TPSA) is 89.8 Å². The van der Waals surface area contributed by atoms with E-state index in [0.717, 1.165) is 100.0 Å². The number of benzene rings is 1. The third-order valence-electron chi connectivity index (χ3n) is 13.4. The first-order valence-electron chi connectivity index (χ1n) is 19.7. The summed E-state index contributed by atoms with van der Waals surface area (Å²) in [6.07, 6.45) is 20.2. The molecule has 6 fully saturated rings. The van der Waals surface area contributed by atoms with Gasteiger partial charge in [-0.2, -0.15) is 5.10 Å². The number of likely N-dealkylation sites (tertiary alicyclic amines) is 1. The Morgan fingerprint density at radius 1 is 0.922 bits per heavy atom. The standard InChI is InChI=1S/C42H55N5O4/c1-29-25-45(26-29)40(49)51-36-11-8-31(9-12-36)39(48)46(38-23-32(14-21-43-38)33-24-44-47(27-33)35-6-4-5-7-35)28-41-15-18-42(19-16-41,20-17-41)34-10-13-37(50-3)30(2)22-34/h10,13-14,21-24,27,29,31,35-36H,4-9,11-12,15-20,25-26,28H2,1-3H3. The SMILES string of the molecule is COc1ccc(C23CCC(CN(C(=O)C4CCC(OC(=O)N5CC(C)C5)CC4)c4cc(-c5cnn(C6CCCC6)c5)ccn4)(CC2)CC3)cc1C. The molecular weight excluding hydrogens is 638 g/mol. The molecule has 9 nitrogen and oxygen atoms in total. The fourth-order valence-electron chi connectivity index (χ4n) is 10.1. The van der Waals surface area contributed by atoms with Crippen molar-refractivity contribution in [2.75, 3.05) is 31.6 Å². The summed E-state index contributed by atoms with van der Waals surface area (Å²) in [4.78, 5) is 36.1. The smallest absolute Gasteiger partial charge is 0.410 e. The number of pyridine rings is 1. The largest absolute Gasteiger partial charge is 0.496 e. The van der Waals surface area contributed by atoms with E-state index in [1.807, 2.05) is 18.5 Å². The van der Waals surface area contributed by atoms with Crippen molar-refractivity contribution in [1.82, 2.24) is 19.7 Å². The zero-order valence-electron chi connectivity index (χ0n) is 30.8. The van der Waals surface area contributed by atoms with Crippen LogP contribution in [0.25, 0.3) is 11.1 Å². The van der Waals surface area contributed by atoms with E-state index in [4.69, 9.17) is 19.6 Å². The molecule has 2 aromatic heterocycles. The van der Waals surface area contributed by atoms with Gasteiger partial charge in [-0.3, -0.25) is 14.4 Å². The molecule has 2 amide bonds. The third-order valence-corrected chi connectivity index (χ3v) is 13.4. The number of anilines is 1. The number of nitrogens with zero attached hydrogens (tertiary/aromatic N) is 5. The van der Waals surface area contributed by atoms with Gasteiger partial charge in [0.25, 0.3) is 0 Å². The summed E-state index contributed by atoms with van der Waals surface area (Å²) in [5.74, 6) is 2.30. The minimum atomic E-state index is -0.198. The van der Waals surface area contributed by atoms with Crippen molar-refractivity contribution in [2.24, 2.45) is 17.3 Å². The van der Waals surface area contributed by atoms with Gasteiger partial charge in [-0.15, -0.1) is 0 Å². The van der Waals surface area contributed by atoms with Crippen molar-refractivity contribution in [2.45, 2.75) is 121 Å². The second-order valence-electron chi connectivity index (χ2n) is 16.8. The van der Waals surface area contributed by atoms with Crippen molar-refractivity contribution in [1.29, 1.82) is 0 Å². The van der Waals surface area contributed by atoms with Gasteiger partial charge in [0.1, 0.15) is 17.7 Å².